The molecule has 4 rings (SSSR count). The molecule has 0 aromatic heterocycles. The molecule has 0 aliphatic carbocycles. The van der Waals surface area contributed by atoms with Gasteiger partial charge in [0.25, 0.3) is 15.9 Å². The second kappa shape index (κ2) is 12.3. The molecule has 0 bridgehead atoms. The van der Waals surface area contributed by atoms with Crippen LogP contribution in [-0.2, 0) is 16.6 Å². The first-order chi connectivity index (χ1) is 18.8. The second-order valence-electron chi connectivity index (χ2n) is 8.59. The van der Waals surface area contributed by atoms with Crippen molar-refractivity contribution in [1.29, 1.82) is 0 Å². The average Bonchev–Trinajstić information content (AvgIpc) is 2.99. The maximum Gasteiger partial charge on any atom is 0.271 e. The van der Waals surface area contributed by atoms with E-state index in [0.717, 1.165) is 11.3 Å². The number of benzene rings is 4. The number of anilines is 1. The van der Waals surface area contributed by atoms with Crippen LogP contribution in [0, 0.1) is 0 Å². The molecule has 1 amide bonds. The smallest absolute Gasteiger partial charge is 0.271 e. The number of ether oxygens (including phenoxy) is 2. The predicted octanol–water partition coefficient (Wildman–Crippen LogP) is 5.25. The van der Waals surface area contributed by atoms with Crippen LogP contribution in [0.2, 0.25) is 0 Å². The average molecular weight is 544 g/mol. The van der Waals surface area contributed by atoms with Gasteiger partial charge in [-0.1, -0.05) is 30.3 Å². The number of methoxy groups -OCH3 is 2. The number of hydrazone groups is 1. The largest absolute Gasteiger partial charge is 0.497 e. The number of nitrogens with zero attached hydrogens (tertiary/aromatic N) is 2. The summed E-state index contributed by atoms with van der Waals surface area (Å²) in [6, 6.07) is 29.2. The van der Waals surface area contributed by atoms with Gasteiger partial charge in [-0.3, -0.25) is 9.10 Å². The van der Waals surface area contributed by atoms with Crippen LogP contribution in [0.4, 0.5) is 5.69 Å². The maximum absolute atomic E-state index is 13.6. The van der Waals surface area contributed by atoms with Gasteiger partial charge in [0.15, 0.2) is 0 Å². The van der Waals surface area contributed by atoms with Gasteiger partial charge in [0, 0.05) is 5.56 Å². The minimum absolute atomic E-state index is 0.0696. The Labute approximate surface area is 228 Å². The summed E-state index contributed by atoms with van der Waals surface area (Å²) in [6.45, 7) is 1.87. The summed E-state index contributed by atoms with van der Waals surface area (Å²) in [5.41, 5.74) is 5.66. The topological polar surface area (TPSA) is 97.3 Å². The minimum atomic E-state index is -3.86. The zero-order valence-corrected chi connectivity index (χ0v) is 22.7. The van der Waals surface area contributed by atoms with E-state index in [4.69, 9.17) is 9.47 Å². The number of nitrogens with one attached hydrogen (secondary N) is 1. The first-order valence-corrected chi connectivity index (χ1v) is 13.6. The highest BCUT2D eigenvalue weighted by molar-refractivity contribution is 7.92. The molecular formula is C30H29N3O5S. The lowest BCUT2D eigenvalue weighted by molar-refractivity contribution is 0.0955. The van der Waals surface area contributed by atoms with E-state index in [1.807, 2.05) is 24.3 Å². The predicted molar refractivity (Wildman–Crippen MR) is 152 cm³/mol. The molecule has 4 aromatic carbocycles. The van der Waals surface area contributed by atoms with Crippen molar-refractivity contribution in [2.24, 2.45) is 5.10 Å². The van der Waals surface area contributed by atoms with Gasteiger partial charge in [0.1, 0.15) is 11.5 Å². The van der Waals surface area contributed by atoms with E-state index < -0.39 is 10.0 Å². The third-order valence-corrected chi connectivity index (χ3v) is 7.85. The molecule has 0 saturated heterocycles. The molecule has 0 spiro atoms. The van der Waals surface area contributed by atoms with Crippen molar-refractivity contribution >= 4 is 27.3 Å². The molecule has 4 aromatic rings. The number of hydrogen-bond acceptors (Lipinski definition) is 6. The van der Waals surface area contributed by atoms with Crippen molar-refractivity contribution in [2.45, 2.75) is 18.4 Å². The Hall–Kier alpha value is -4.63. The van der Waals surface area contributed by atoms with Crippen molar-refractivity contribution in [2.75, 3.05) is 18.5 Å². The molecule has 0 unspecified atom stereocenters. The third kappa shape index (κ3) is 6.63. The van der Waals surface area contributed by atoms with Gasteiger partial charge in [0.2, 0.25) is 0 Å². The molecule has 0 radical (unpaired) electrons. The van der Waals surface area contributed by atoms with E-state index >= 15 is 0 Å². The highest BCUT2D eigenvalue weighted by Crippen LogP contribution is 2.28. The molecular weight excluding hydrogens is 514 g/mol. The van der Waals surface area contributed by atoms with Crippen molar-refractivity contribution < 1.29 is 22.7 Å². The van der Waals surface area contributed by atoms with Crippen molar-refractivity contribution in [1.82, 2.24) is 5.43 Å². The third-order valence-electron chi connectivity index (χ3n) is 6.07. The fourth-order valence-electron chi connectivity index (χ4n) is 3.81. The molecule has 200 valence electrons. The Morgan fingerprint density at radius 2 is 1.31 bits per heavy atom. The van der Waals surface area contributed by atoms with Crippen LogP contribution in [0.25, 0.3) is 0 Å². The van der Waals surface area contributed by atoms with E-state index in [2.05, 4.69) is 10.5 Å². The Kier molecular flexibility index (Phi) is 8.63. The van der Waals surface area contributed by atoms with E-state index in [1.54, 1.807) is 100 Å². The fourth-order valence-corrected chi connectivity index (χ4v) is 5.28. The van der Waals surface area contributed by atoms with Gasteiger partial charge in [0.05, 0.1) is 37.1 Å². The summed E-state index contributed by atoms with van der Waals surface area (Å²) in [7, 11) is -0.710. The van der Waals surface area contributed by atoms with E-state index in [1.165, 1.54) is 4.31 Å². The van der Waals surface area contributed by atoms with Crippen LogP contribution in [0.3, 0.4) is 0 Å². The van der Waals surface area contributed by atoms with Crippen LogP contribution in [0.15, 0.2) is 113 Å². The highest BCUT2D eigenvalue weighted by Gasteiger charge is 2.25. The van der Waals surface area contributed by atoms with Crippen LogP contribution in [-0.4, -0.2) is 34.3 Å². The number of carbonyl (C=O) groups excluding carboxylic acids is 1. The lowest BCUT2D eigenvalue weighted by atomic mass is 10.1. The van der Waals surface area contributed by atoms with Crippen molar-refractivity contribution in [3.8, 4) is 11.5 Å². The zero-order valence-electron chi connectivity index (χ0n) is 21.9. The maximum atomic E-state index is 13.6. The van der Waals surface area contributed by atoms with E-state index in [-0.39, 0.29) is 17.3 Å². The molecule has 0 aliphatic heterocycles. The zero-order chi connectivity index (χ0) is 27.8. The summed E-state index contributed by atoms with van der Waals surface area (Å²) < 4.78 is 38.9. The quantitative estimate of drug-likeness (QED) is 0.218. The number of amides is 1. The second-order valence-corrected chi connectivity index (χ2v) is 10.4. The molecule has 0 saturated carbocycles. The van der Waals surface area contributed by atoms with Gasteiger partial charge in [-0.05, 0) is 90.8 Å². The number of hydrogen-bond donors (Lipinski definition) is 1. The van der Waals surface area contributed by atoms with Gasteiger partial charge >= 0.3 is 0 Å². The number of rotatable bonds is 10. The standard InChI is InChI=1S/C30H29N3O5S/c1-22(24-13-17-27(37-2)18-14-24)31-32-30(34)25-11-9-23(10-12-25)21-33(26-15-19-28(38-3)20-16-26)39(35,36)29-7-5-4-6-8-29/h4-20H,21H2,1-3H3,(H,32,34)/b31-22-. The van der Waals surface area contributed by atoms with E-state index in [0.29, 0.717) is 28.3 Å². The molecule has 0 fully saturated rings. The molecule has 39 heavy (non-hydrogen) atoms. The summed E-state index contributed by atoms with van der Waals surface area (Å²) >= 11 is 0. The summed E-state index contributed by atoms with van der Waals surface area (Å²) in [5.74, 6) is 0.979. The Bertz CT molecular complexity index is 1540. The van der Waals surface area contributed by atoms with Gasteiger partial charge in [-0.2, -0.15) is 5.10 Å². The first-order valence-electron chi connectivity index (χ1n) is 12.1. The van der Waals surface area contributed by atoms with Crippen LogP contribution >= 0.6 is 0 Å². The van der Waals surface area contributed by atoms with Crippen molar-refractivity contribution in [3.63, 3.8) is 0 Å². The molecule has 8 nitrogen and oxygen atoms in total. The van der Waals surface area contributed by atoms with Crippen LogP contribution in [0.1, 0.15) is 28.4 Å². The van der Waals surface area contributed by atoms with Gasteiger partial charge < -0.3 is 9.47 Å². The van der Waals surface area contributed by atoms with Gasteiger partial charge in [-0.25, -0.2) is 13.8 Å². The summed E-state index contributed by atoms with van der Waals surface area (Å²) in [6.07, 6.45) is 0. The number of carbonyl (C=O) groups is 1. The SMILES string of the molecule is COc1ccc(/C(C)=N\NC(=O)c2ccc(CN(c3ccc(OC)cc3)S(=O)(=O)c3ccccc3)cc2)cc1. The van der Waals surface area contributed by atoms with Gasteiger partial charge in [-0.15, -0.1) is 0 Å². The lowest BCUT2D eigenvalue weighted by Crippen LogP contribution is -2.30. The summed E-state index contributed by atoms with van der Waals surface area (Å²) in [4.78, 5) is 12.9. The van der Waals surface area contributed by atoms with Crippen LogP contribution in [0.5, 0.6) is 11.5 Å². The lowest BCUT2D eigenvalue weighted by Gasteiger charge is -2.25. The Morgan fingerprint density at radius 3 is 1.87 bits per heavy atom. The minimum Gasteiger partial charge on any atom is -0.497 e. The normalized spacial score (nSPS) is 11.5. The van der Waals surface area contributed by atoms with Crippen molar-refractivity contribution in [3.05, 3.63) is 120 Å². The highest BCUT2D eigenvalue weighted by atomic mass is 32.2. The molecule has 1 N–H and O–H groups in total. The monoisotopic (exact) mass is 543 g/mol. The molecule has 0 heterocycles. The molecule has 0 atom stereocenters. The fraction of sp³-hybridized carbons (Fsp3) is 0.133. The van der Waals surface area contributed by atoms with E-state index in [9.17, 15) is 13.2 Å². The first kappa shape index (κ1) is 27.4. The molecule has 0 aliphatic rings. The Morgan fingerprint density at radius 1 is 0.769 bits per heavy atom. The van der Waals surface area contributed by atoms with Crippen LogP contribution < -0.4 is 19.2 Å². The Balaban J connectivity index is 1.52. The summed E-state index contributed by atoms with van der Waals surface area (Å²) in [5, 5.41) is 4.20. The number of sulfonamides is 1. The molecule has 9 heteroatoms.